The summed E-state index contributed by atoms with van der Waals surface area (Å²) in [5.74, 6) is 0. The largest absolute Gasteiger partial charge is 0.418 e. The molecule has 0 aromatic heterocycles. The van der Waals surface area contributed by atoms with Crippen molar-refractivity contribution in [2.75, 3.05) is 32.9 Å². The summed E-state index contributed by atoms with van der Waals surface area (Å²) < 4.78 is 5.82. The summed E-state index contributed by atoms with van der Waals surface area (Å²) in [6, 6.07) is 1.29. The topological polar surface area (TPSA) is 24.5 Å². The minimum atomic E-state index is -1.33. The van der Waals surface area contributed by atoms with Gasteiger partial charge in [0.1, 0.15) is 0 Å². The average Bonchev–Trinajstić information content (AvgIpc) is 2.19. The molecule has 1 rings (SSSR count). The zero-order chi connectivity index (χ0) is 11.1. The monoisotopic (exact) mass is 230 g/mol. The maximum atomic E-state index is 5.82. The molecule has 0 atom stereocenters. The van der Waals surface area contributed by atoms with E-state index in [1.54, 1.807) is 0 Å². The van der Waals surface area contributed by atoms with Crippen molar-refractivity contribution in [1.82, 2.24) is 10.2 Å². The molecule has 0 radical (unpaired) electrons. The van der Waals surface area contributed by atoms with E-state index in [-0.39, 0.29) is 0 Å². The fourth-order valence-electron chi connectivity index (χ4n) is 2.13. The Bertz CT molecular complexity index is 170. The van der Waals surface area contributed by atoms with E-state index in [1.807, 2.05) is 0 Å². The molecular weight excluding hydrogens is 204 g/mol. The smallest absolute Gasteiger partial charge is 0.186 e. The van der Waals surface area contributed by atoms with Gasteiger partial charge in [0.25, 0.3) is 0 Å². The summed E-state index contributed by atoms with van der Waals surface area (Å²) in [5, 5.41) is 3.41. The highest BCUT2D eigenvalue weighted by Gasteiger charge is 2.21. The Morgan fingerprint density at radius 1 is 1.40 bits per heavy atom. The highest BCUT2D eigenvalue weighted by atomic mass is 28.4. The lowest BCUT2D eigenvalue weighted by Gasteiger charge is -2.28. The van der Waals surface area contributed by atoms with Crippen molar-refractivity contribution < 1.29 is 4.43 Å². The van der Waals surface area contributed by atoms with E-state index in [1.165, 1.54) is 38.5 Å². The van der Waals surface area contributed by atoms with Crippen LogP contribution in [-0.4, -0.2) is 46.1 Å². The van der Waals surface area contributed by atoms with Gasteiger partial charge in [-0.15, -0.1) is 0 Å². The normalized spacial score (nSPS) is 19.4. The van der Waals surface area contributed by atoms with Crippen LogP contribution < -0.4 is 5.32 Å². The van der Waals surface area contributed by atoms with Gasteiger partial charge in [-0.25, -0.2) is 0 Å². The summed E-state index contributed by atoms with van der Waals surface area (Å²) >= 11 is 0. The van der Waals surface area contributed by atoms with Crippen molar-refractivity contribution in [3.05, 3.63) is 0 Å². The predicted octanol–water partition coefficient (Wildman–Crippen LogP) is 1.87. The molecule has 0 bridgehead atoms. The first kappa shape index (κ1) is 13.2. The predicted molar refractivity (Wildman–Crippen MR) is 67.6 cm³/mol. The maximum Gasteiger partial charge on any atom is 0.186 e. The molecule has 0 saturated carbocycles. The van der Waals surface area contributed by atoms with Crippen molar-refractivity contribution in [3.8, 4) is 0 Å². The zero-order valence-corrected chi connectivity index (χ0v) is 11.5. The summed E-state index contributed by atoms with van der Waals surface area (Å²) in [5.41, 5.74) is 0. The van der Waals surface area contributed by atoms with Gasteiger partial charge in [0.15, 0.2) is 8.32 Å². The molecule has 1 heterocycles. The standard InChI is InChI=1S/C11H26N2OSi/c1-4-14-15(2,3)10-6-9-13-8-5-7-12-11-13/h12H,4-11H2,1-3H3. The zero-order valence-electron chi connectivity index (χ0n) is 10.5. The van der Waals surface area contributed by atoms with Crippen molar-refractivity contribution in [2.45, 2.75) is 38.9 Å². The Balaban J connectivity index is 2.09. The van der Waals surface area contributed by atoms with Gasteiger partial charge in [-0.1, -0.05) is 0 Å². The molecule has 0 aromatic carbocycles. The van der Waals surface area contributed by atoms with Crippen LogP contribution in [0.25, 0.3) is 0 Å². The van der Waals surface area contributed by atoms with E-state index in [2.05, 4.69) is 30.2 Å². The molecule has 1 fully saturated rings. The van der Waals surface area contributed by atoms with E-state index in [4.69, 9.17) is 4.43 Å². The molecule has 0 aliphatic carbocycles. The quantitative estimate of drug-likeness (QED) is 0.705. The minimum Gasteiger partial charge on any atom is -0.418 e. The first-order valence-electron chi connectivity index (χ1n) is 6.21. The number of hydrogen-bond acceptors (Lipinski definition) is 3. The second-order valence-electron chi connectivity index (χ2n) is 4.93. The van der Waals surface area contributed by atoms with Crippen LogP contribution in [0.4, 0.5) is 0 Å². The lowest BCUT2D eigenvalue weighted by Crippen LogP contribution is -2.42. The first-order chi connectivity index (χ1) is 7.14. The van der Waals surface area contributed by atoms with Gasteiger partial charge < -0.3 is 9.74 Å². The average molecular weight is 230 g/mol. The van der Waals surface area contributed by atoms with Gasteiger partial charge >= 0.3 is 0 Å². The third-order valence-corrected chi connectivity index (χ3v) is 5.58. The second kappa shape index (κ2) is 6.63. The van der Waals surface area contributed by atoms with Crippen molar-refractivity contribution in [1.29, 1.82) is 0 Å². The molecule has 90 valence electrons. The minimum absolute atomic E-state index is 0.879. The number of hydrogen-bond donors (Lipinski definition) is 1. The highest BCUT2D eigenvalue weighted by Crippen LogP contribution is 2.14. The van der Waals surface area contributed by atoms with E-state index < -0.39 is 8.32 Å². The van der Waals surface area contributed by atoms with Crippen molar-refractivity contribution in [2.24, 2.45) is 0 Å². The Hall–Kier alpha value is 0.0969. The molecule has 0 aromatic rings. The molecule has 4 heteroatoms. The van der Waals surface area contributed by atoms with E-state index >= 15 is 0 Å². The maximum absolute atomic E-state index is 5.82. The molecule has 0 unspecified atom stereocenters. The molecule has 0 amide bonds. The number of nitrogens with zero attached hydrogens (tertiary/aromatic N) is 1. The molecule has 1 aliphatic heterocycles. The molecule has 3 nitrogen and oxygen atoms in total. The van der Waals surface area contributed by atoms with Gasteiger partial charge in [-0.3, -0.25) is 4.90 Å². The molecule has 0 spiro atoms. The van der Waals surface area contributed by atoms with E-state index in [9.17, 15) is 0 Å². The van der Waals surface area contributed by atoms with Crippen LogP contribution in [0.1, 0.15) is 19.8 Å². The highest BCUT2D eigenvalue weighted by molar-refractivity contribution is 6.71. The Labute approximate surface area is 95.3 Å². The lowest BCUT2D eigenvalue weighted by molar-refractivity contribution is 0.214. The van der Waals surface area contributed by atoms with Crippen LogP contribution in [0.2, 0.25) is 19.1 Å². The van der Waals surface area contributed by atoms with Crippen LogP contribution in [0.5, 0.6) is 0 Å². The summed E-state index contributed by atoms with van der Waals surface area (Å²) in [7, 11) is -1.33. The van der Waals surface area contributed by atoms with Crippen LogP contribution in [0.15, 0.2) is 0 Å². The number of rotatable bonds is 6. The van der Waals surface area contributed by atoms with Crippen LogP contribution in [0.3, 0.4) is 0 Å². The van der Waals surface area contributed by atoms with E-state index in [0.717, 1.165) is 13.3 Å². The summed E-state index contributed by atoms with van der Waals surface area (Å²) in [6.07, 6.45) is 2.59. The van der Waals surface area contributed by atoms with Crippen LogP contribution in [-0.2, 0) is 4.43 Å². The third kappa shape index (κ3) is 5.66. The SMILES string of the molecule is CCO[Si](C)(C)CCCN1CCCNC1. The fraction of sp³-hybridized carbons (Fsp3) is 1.00. The Kier molecular flexibility index (Phi) is 5.82. The van der Waals surface area contributed by atoms with Crippen LogP contribution >= 0.6 is 0 Å². The van der Waals surface area contributed by atoms with Gasteiger partial charge in [0, 0.05) is 19.8 Å². The summed E-state index contributed by atoms with van der Waals surface area (Å²) in [6.45, 7) is 12.4. The third-order valence-electron chi connectivity index (χ3n) is 2.95. The molecule has 1 aliphatic rings. The Morgan fingerprint density at radius 2 is 2.20 bits per heavy atom. The van der Waals surface area contributed by atoms with Crippen LogP contribution in [0, 0.1) is 0 Å². The summed E-state index contributed by atoms with van der Waals surface area (Å²) in [4.78, 5) is 2.51. The number of nitrogens with one attached hydrogen (secondary N) is 1. The van der Waals surface area contributed by atoms with Gasteiger partial charge in [-0.05, 0) is 52.0 Å². The molecule has 1 saturated heterocycles. The molecule has 1 N–H and O–H groups in total. The fourth-order valence-corrected chi connectivity index (χ4v) is 4.06. The molecular formula is C11H26N2OSi. The van der Waals surface area contributed by atoms with Crippen molar-refractivity contribution >= 4 is 8.32 Å². The van der Waals surface area contributed by atoms with Gasteiger partial charge in [0.05, 0.1) is 0 Å². The lowest BCUT2D eigenvalue weighted by atomic mass is 10.3. The van der Waals surface area contributed by atoms with Gasteiger partial charge in [-0.2, -0.15) is 0 Å². The first-order valence-corrected chi connectivity index (χ1v) is 9.32. The Morgan fingerprint density at radius 3 is 2.80 bits per heavy atom. The second-order valence-corrected chi connectivity index (χ2v) is 9.23. The van der Waals surface area contributed by atoms with Crippen molar-refractivity contribution in [3.63, 3.8) is 0 Å². The van der Waals surface area contributed by atoms with Gasteiger partial charge in [0.2, 0.25) is 0 Å². The molecule has 15 heavy (non-hydrogen) atoms. The van der Waals surface area contributed by atoms with E-state index in [0.29, 0.717) is 0 Å².